The first-order chi connectivity index (χ1) is 14.6. The van der Waals surface area contributed by atoms with Crippen LogP contribution in [0.4, 0.5) is 20.2 Å². The van der Waals surface area contributed by atoms with E-state index in [1.54, 1.807) is 12.1 Å². The highest BCUT2D eigenvalue weighted by Crippen LogP contribution is 2.27. The van der Waals surface area contributed by atoms with Crippen LogP contribution in [0.2, 0.25) is 0 Å². The number of halogens is 2. The van der Waals surface area contributed by atoms with E-state index < -0.39 is 11.6 Å². The van der Waals surface area contributed by atoms with Crippen LogP contribution in [0.15, 0.2) is 36.4 Å². The normalized spacial score (nSPS) is 16.9. The maximum Gasteiger partial charge on any atom is 0.224 e. The van der Waals surface area contributed by atoms with Gasteiger partial charge in [-0.2, -0.15) is 0 Å². The number of piperazine rings is 1. The van der Waals surface area contributed by atoms with Crippen LogP contribution in [-0.2, 0) is 11.2 Å². The molecule has 0 aliphatic carbocycles. The van der Waals surface area contributed by atoms with E-state index in [9.17, 15) is 13.6 Å². The SMILES string of the molecule is O=C1CCc2ccc(OCCCCN3CCN(c4cccc(F)c4F)CC3)cc2N1. The van der Waals surface area contributed by atoms with Gasteiger partial charge in [0, 0.05) is 44.4 Å². The molecule has 1 fully saturated rings. The molecule has 0 spiro atoms. The van der Waals surface area contributed by atoms with Gasteiger partial charge in [-0.3, -0.25) is 9.69 Å². The number of aryl methyl sites for hydroxylation is 1. The summed E-state index contributed by atoms with van der Waals surface area (Å²) in [6.45, 7) is 4.64. The fourth-order valence-corrected chi connectivity index (χ4v) is 4.02. The molecule has 30 heavy (non-hydrogen) atoms. The van der Waals surface area contributed by atoms with Crippen molar-refractivity contribution in [3.8, 4) is 5.75 Å². The van der Waals surface area contributed by atoms with Gasteiger partial charge >= 0.3 is 0 Å². The van der Waals surface area contributed by atoms with Gasteiger partial charge in [-0.05, 0) is 49.6 Å². The van der Waals surface area contributed by atoms with Crippen molar-refractivity contribution in [3.63, 3.8) is 0 Å². The number of rotatable bonds is 7. The predicted octanol–water partition coefficient (Wildman–Crippen LogP) is 3.83. The van der Waals surface area contributed by atoms with Gasteiger partial charge < -0.3 is 15.0 Å². The van der Waals surface area contributed by atoms with Gasteiger partial charge in [0.15, 0.2) is 11.6 Å². The molecule has 1 amide bonds. The molecular formula is C23H27F2N3O2. The molecule has 2 heterocycles. The molecule has 5 nitrogen and oxygen atoms in total. The third-order valence-electron chi connectivity index (χ3n) is 5.76. The number of carbonyl (C=O) groups is 1. The summed E-state index contributed by atoms with van der Waals surface area (Å²) in [6, 6.07) is 10.2. The van der Waals surface area contributed by atoms with E-state index in [1.807, 2.05) is 23.1 Å². The first-order valence-electron chi connectivity index (χ1n) is 10.6. The van der Waals surface area contributed by atoms with E-state index in [4.69, 9.17) is 4.74 Å². The summed E-state index contributed by atoms with van der Waals surface area (Å²) in [4.78, 5) is 15.8. The summed E-state index contributed by atoms with van der Waals surface area (Å²) in [5, 5.41) is 2.89. The molecule has 0 unspecified atom stereocenters. The largest absolute Gasteiger partial charge is 0.494 e. The van der Waals surface area contributed by atoms with Crippen molar-refractivity contribution in [1.29, 1.82) is 0 Å². The number of carbonyl (C=O) groups excluding carboxylic acids is 1. The van der Waals surface area contributed by atoms with Crippen molar-refractivity contribution in [2.24, 2.45) is 0 Å². The molecule has 2 aromatic carbocycles. The first kappa shape index (κ1) is 20.6. The van der Waals surface area contributed by atoms with Gasteiger partial charge in [-0.15, -0.1) is 0 Å². The summed E-state index contributed by atoms with van der Waals surface area (Å²) < 4.78 is 33.2. The van der Waals surface area contributed by atoms with Crippen LogP contribution >= 0.6 is 0 Å². The molecule has 0 atom stereocenters. The van der Waals surface area contributed by atoms with Crippen molar-refractivity contribution >= 4 is 17.3 Å². The van der Waals surface area contributed by atoms with E-state index in [1.165, 1.54) is 0 Å². The number of nitrogens with one attached hydrogen (secondary N) is 1. The van der Waals surface area contributed by atoms with E-state index in [0.29, 0.717) is 31.8 Å². The maximum absolute atomic E-state index is 14.0. The minimum absolute atomic E-state index is 0.0554. The second kappa shape index (κ2) is 9.43. The fourth-order valence-electron chi connectivity index (χ4n) is 4.02. The molecule has 2 aliphatic rings. The zero-order valence-electron chi connectivity index (χ0n) is 17.0. The van der Waals surface area contributed by atoms with Crippen LogP contribution in [-0.4, -0.2) is 50.1 Å². The second-order valence-corrected chi connectivity index (χ2v) is 7.82. The zero-order chi connectivity index (χ0) is 20.9. The molecule has 0 bridgehead atoms. The Kier molecular flexibility index (Phi) is 6.47. The lowest BCUT2D eigenvalue weighted by molar-refractivity contribution is -0.116. The highest BCUT2D eigenvalue weighted by atomic mass is 19.2. The van der Waals surface area contributed by atoms with E-state index in [2.05, 4.69) is 10.2 Å². The van der Waals surface area contributed by atoms with Gasteiger partial charge in [-0.25, -0.2) is 8.78 Å². The average Bonchev–Trinajstić information content (AvgIpc) is 2.76. The number of unbranched alkanes of at least 4 members (excludes halogenated alkanes) is 1. The topological polar surface area (TPSA) is 44.8 Å². The molecule has 1 saturated heterocycles. The molecule has 0 saturated carbocycles. The van der Waals surface area contributed by atoms with Crippen LogP contribution in [0, 0.1) is 11.6 Å². The summed E-state index contributed by atoms with van der Waals surface area (Å²) in [7, 11) is 0. The Morgan fingerprint density at radius 1 is 1.00 bits per heavy atom. The van der Waals surface area contributed by atoms with Crippen molar-refractivity contribution in [2.45, 2.75) is 25.7 Å². The fraction of sp³-hybridized carbons (Fsp3) is 0.435. The standard InChI is InChI=1S/C23H27F2N3O2/c24-19-4-3-5-21(23(19)25)28-13-11-27(12-14-28)10-1-2-15-30-18-8-6-17-7-9-22(29)26-20(17)16-18/h3-6,8,16H,1-2,7,9-15H2,(H,26,29). The van der Waals surface area contributed by atoms with Crippen LogP contribution < -0.4 is 15.0 Å². The third kappa shape index (κ3) is 4.90. The highest BCUT2D eigenvalue weighted by molar-refractivity contribution is 5.94. The Balaban J connectivity index is 1.15. The Morgan fingerprint density at radius 2 is 1.83 bits per heavy atom. The van der Waals surface area contributed by atoms with Crippen LogP contribution in [0.25, 0.3) is 0 Å². The summed E-state index contributed by atoms with van der Waals surface area (Å²) >= 11 is 0. The monoisotopic (exact) mass is 415 g/mol. The minimum atomic E-state index is -0.795. The molecule has 7 heteroatoms. The van der Waals surface area contributed by atoms with Gasteiger partial charge in [0.2, 0.25) is 5.91 Å². The number of ether oxygens (including phenoxy) is 1. The maximum atomic E-state index is 14.0. The van der Waals surface area contributed by atoms with Crippen LogP contribution in [0.1, 0.15) is 24.8 Å². The van der Waals surface area contributed by atoms with Gasteiger partial charge in [0.25, 0.3) is 0 Å². The van der Waals surface area contributed by atoms with Crippen molar-refractivity contribution < 1.29 is 18.3 Å². The lowest BCUT2D eigenvalue weighted by Gasteiger charge is -2.36. The Labute approximate surface area is 175 Å². The Morgan fingerprint density at radius 3 is 2.67 bits per heavy atom. The number of anilines is 2. The zero-order valence-corrected chi connectivity index (χ0v) is 17.0. The van der Waals surface area contributed by atoms with E-state index in [0.717, 1.165) is 62.0 Å². The summed E-state index contributed by atoms with van der Waals surface area (Å²) in [6.07, 6.45) is 3.26. The quantitative estimate of drug-likeness (QED) is 0.698. The van der Waals surface area contributed by atoms with Crippen LogP contribution in [0.5, 0.6) is 5.75 Å². The lowest BCUT2D eigenvalue weighted by atomic mass is 10.0. The number of hydrogen-bond donors (Lipinski definition) is 1. The highest BCUT2D eigenvalue weighted by Gasteiger charge is 2.20. The molecule has 160 valence electrons. The number of nitrogens with zero attached hydrogens (tertiary/aromatic N) is 2. The lowest BCUT2D eigenvalue weighted by Crippen LogP contribution is -2.47. The second-order valence-electron chi connectivity index (χ2n) is 7.82. The third-order valence-corrected chi connectivity index (χ3v) is 5.76. The van der Waals surface area contributed by atoms with Gasteiger partial charge in [0.1, 0.15) is 5.75 Å². The van der Waals surface area contributed by atoms with E-state index in [-0.39, 0.29) is 5.91 Å². The van der Waals surface area contributed by atoms with Crippen molar-refractivity contribution in [1.82, 2.24) is 4.90 Å². The summed E-state index contributed by atoms with van der Waals surface area (Å²) in [5.74, 6) is -0.720. The van der Waals surface area contributed by atoms with Gasteiger partial charge in [-0.1, -0.05) is 12.1 Å². The molecule has 0 radical (unpaired) electrons. The molecule has 1 N–H and O–H groups in total. The number of benzene rings is 2. The number of amides is 1. The Hall–Kier alpha value is -2.67. The van der Waals surface area contributed by atoms with Crippen molar-refractivity contribution in [2.75, 3.05) is 49.5 Å². The smallest absolute Gasteiger partial charge is 0.224 e. The van der Waals surface area contributed by atoms with Crippen LogP contribution in [0.3, 0.4) is 0 Å². The Bertz CT molecular complexity index is 898. The average molecular weight is 415 g/mol. The van der Waals surface area contributed by atoms with Gasteiger partial charge in [0.05, 0.1) is 12.3 Å². The molecule has 0 aromatic heterocycles. The predicted molar refractivity (Wildman–Crippen MR) is 113 cm³/mol. The number of fused-ring (bicyclic) bond motifs is 1. The van der Waals surface area contributed by atoms with E-state index >= 15 is 0 Å². The molecular weight excluding hydrogens is 388 g/mol. The van der Waals surface area contributed by atoms with Crippen molar-refractivity contribution in [3.05, 3.63) is 53.6 Å². The first-order valence-corrected chi connectivity index (χ1v) is 10.6. The summed E-state index contributed by atoms with van der Waals surface area (Å²) in [5.41, 5.74) is 2.36. The minimum Gasteiger partial charge on any atom is -0.494 e. The molecule has 2 aliphatic heterocycles. The molecule has 2 aromatic rings. The number of hydrogen-bond acceptors (Lipinski definition) is 4. The molecule has 4 rings (SSSR count).